The Kier molecular flexibility index (Phi) is 5.07. The van der Waals surface area contributed by atoms with Crippen LogP contribution in [-0.2, 0) is 6.54 Å². The van der Waals surface area contributed by atoms with Gasteiger partial charge in [0.2, 0.25) is 0 Å². The Labute approximate surface area is 126 Å². The van der Waals surface area contributed by atoms with Crippen molar-refractivity contribution in [1.29, 1.82) is 0 Å². The van der Waals surface area contributed by atoms with Crippen LogP contribution in [0, 0.1) is 12.8 Å². The van der Waals surface area contributed by atoms with Crippen LogP contribution in [0.4, 0.5) is 0 Å². The first kappa shape index (κ1) is 14.6. The molecule has 0 fully saturated rings. The summed E-state index contributed by atoms with van der Waals surface area (Å²) in [5, 5.41) is 13.9. The molecule has 0 radical (unpaired) electrons. The zero-order valence-electron chi connectivity index (χ0n) is 11.4. The molecule has 102 valence electrons. The first-order chi connectivity index (χ1) is 9.06. The Morgan fingerprint density at radius 3 is 2.79 bits per heavy atom. The highest BCUT2D eigenvalue weighted by Crippen LogP contribution is 2.27. The van der Waals surface area contributed by atoms with Crippen molar-refractivity contribution in [1.82, 2.24) is 15.5 Å². The number of benzene rings is 1. The molecule has 1 aromatic heterocycles. The van der Waals surface area contributed by atoms with Gasteiger partial charge in [-0.1, -0.05) is 47.2 Å². The summed E-state index contributed by atoms with van der Waals surface area (Å²) in [4.78, 5) is 0. The number of nitrogens with one attached hydrogen (secondary N) is 1. The third kappa shape index (κ3) is 4.09. The first-order valence-corrected chi connectivity index (χ1v) is 7.97. The van der Waals surface area contributed by atoms with Gasteiger partial charge in [0.15, 0.2) is 0 Å². The maximum absolute atomic E-state index is 4.27. The number of halogens is 1. The lowest BCUT2D eigenvalue weighted by Crippen LogP contribution is -2.18. The van der Waals surface area contributed by atoms with E-state index in [0.29, 0.717) is 5.92 Å². The van der Waals surface area contributed by atoms with Crippen molar-refractivity contribution in [3.63, 3.8) is 0 Å². The molecule has 0 unspecified atom stereocenters. The molecule has 0 aliphatic carbocycles. The van der Waals surface area contributed by atoms with Crippen molar-refractivity contribution in [2.45, 2.75) is 27.3 Å². The van der Waals surface area contributed by atoms with Gasteiger partial charge in [-0.3, -0.25) is 0 Å². The Morgan fingerprint density at radius 2 is 2.11 bits per heavy atom. The number of aromatic nitrogens is 2. The molecule has 2 rings (SSSR count). The summed E-state index contributed by atoms with van der Waals surface area (Å²) in [5.74, 6) is 0.654. The van der Waals surface area contributed by atoms with Crippen LogP contribution in [0.5, 0.6) is 0 Å². The summed E-state index contributed by atoms with van der Waals surface area (Å²) in [6, 6.07) is 6.27. The van der Waals surface area contributed by atoms with Crippen LogP contribution in [0.1, 0.15) is 24.4 Å². The first-order valence-electron chi connectivity index (χ1n) is 6.36. The average molecular weight is 340 g/mol. The van der Waals surface area contributed by atoms with E-state index in [1.165, 1.54) is 5.56 Å². The second-order valence-corrected chi connectivity index (χ2v) is 6.91. The topological polar surface area (TPSA) is 37.8 Å². The van der Waals surface area contributed by atoms with Gasteiger partial charge in [0.1, 0.15) is 10.0 Å². The average Bonchev–Trinajstić information content (AvgIpc) is 2.81. The van der Waals surface area contributed by atoms with Crippen molar-refractivity contribution < 1.29 is 0 Å². The summed E-state index contributed by atoms with van der Waals surface area (Å²) in [7, 11) is 0. The number of rotatable bonds is 5. The van der Waals surface area contributed by atoms with Crippen molar-refractivity contribution in [2.24, 2.45) is 5.92 Å². The van der Waals surface area contributed by atoms with E-state index < -0.39 is 0 Å². The molecule has 1 heterocycles. The van der Waals surface area contributed by atoms with Crippen molar-refractivity contribution in [3.8, 4) is 10.6 Å². The predicted octanol–water partition coefficient (Wildman–Crippen LogP) is 4.02. The molecule has 0 aliphatic heterocycles. The lowest BCUT2D eigenvalue weighted by Gasteiger charge is -2.04. The van der Waals surface area contributed by atoms with Gasteiger partial charge >= 0.3 is 0 Å². The Morgan fingerprint density at radius 1 is 1.32 bits per heavy atom. The van der Waals surface area contributed by atoms with Crippen LogP contribution in [0.2, 0.25) is 0 Å². The molecule has 0 bridgehead atoms. The van der Waals surface area contributed by atoms with Crippen molar-refractivity contribution in [3.05, 3.63) is 33.2 Å². The second-order valence-electron chi connectivity index (χ2n) is 4.99. The normalized spacial score (nSPS) is 11.2. The highest BCUT2D eigenvalue weighted by Gasteiger charge is 2.07. The fraction of sp³-hybridized carbons (Fsp3) is 0.429. The lowest BCUT2D eigenvalue weighted by molar-refractivity contribution is 0.550. The van der Waals surface area contributed by atoms with Crippen LogP contribution in [0.15, 0.2) is 22.7 Å². The van der Waals surface area contributed by atoms with E-state index in [2.05, 4.69) is 70.4 Å². The van der Waals surface area contributed by atoms with Gasteiger partial charge < -0.3 is 5.32 Å². The van der Waals surface area contributed by atoms with Gasteiger partial charge in [0.05, 0.1) is 0 Å². The molecule has 1 aromatic carbocycles. The van der Waals surface area contributed by atoms with Crippen LogP contribution in [0.3, 0.4) is 0 Å². The van der Waals surface area contributed by atoms with E-state index in [4.69, 9.17) is 0 Å². The SMILES string of the molecule is Cc1cc(-c2nnc(CNCC(C)C)s2)ccc1Br. The molecule has 0 amide bonds. The molecule has 0 atom stereocenters. The molecule has 2 aromatic rings. The second kappa shape index (κ2) is 6.59. The van der Waals surface area contributed by atoms with Gasteiger partial charge in [0.25, 0.3) is 0 Å². The van der Waals surface area contributed by atoms with E-state index >= 15 is 0 Å². The zero-order valence-corrected chi connectivity index (χ0v) is 13.8. The summed E-state index contributed by atoms with van der Waals surface area (Å²) in [5.41, 5.74) is 2.35. The highest BCUT2D eigenvalue weighted by molar-refractivity contribution is 9.10. The molecule has 0 saturated heterocycles. The molecular weight excluding hydrogens is 322 g/mol. The van der Waals surface area contributed by atoms with E-state index in [9.17, 15) is 0 Å². The van der Waals surface area contributed by atoms with Crippen LogP contribution >= 0.6 is 27.3 Å². The predicted molar refractivity (Wildman–Crippen MR) is 84.3 cm³/mol. The largest absolute Gasteiger partial charge is 0.310 e. The maximum atomic E-state index is 4.27. The number of nitrogens with zero attached hydrogens (tertiary/aromatic N) is 2. The lowest BCUT2D eigenvalue weighted by atomic mass is 10.1. The van der Waals surface area contributed by atoms with Gasteiger partial charge in [-0.05, 0) is 37.1 Å². The van der Waals surface area contributed by atoms with E-state index in [1.807, 2.05) is 0 Å². The summed E-state index contributed by atoms with van der Waals surface area (Å²) >= 11 is 5.16. The van der Waals surface area contributed by atoms with E-state index in [1.54, 1.807) is 11.3 Å². The molecule has 0 aliphatic rings. The fourth-order valence-corrected chi connectivity index (χ4v) is 2.74. The van der Waals surface area contributed by atoms with Crippen molar-refractivity contribution in [2.75, 3.05) is 6.54 Å². The summed E-state index contributed by atoms with van der Waals surface area (Å²) < 4.78 is 1.12. The molecule has 3 nitrogen and oxygen atoms in total. The Balaban J connectivity index is 2.05. The van der Waals surface area contributed by atoms with Gasteiger partial charge in [-0.2, -0.15) is 0 Å². The fourth-order valence-electron chi connectivity index (χ4n) is 1.69. The van der Waals surface area contributed by atoms with E-state index in [0.717, 1.165) is 33.1 Å². The molecule has 19 heavy (non-hydrogen) atoms. The number of hydrogen-bond acceptors (Lipinski definition) is 4. The minimum Gasteiger partial charge on any atom is -0.310 e. The van der Waals surface area contributed by atoms with Crippen LogP contribution < -0.4 is 5.32 Å². The van der Waals surface area contributed by atoms with Gasteiger partial charge in [-0.25, -0.2) is 0 Å². The molecule has 0 saturated carbocycles. The quantitative estimate of drug-likeness (QED) is 0.893. The zero-order chi connectivity index (χ0) is 13.8. The highest BCUT2D eigenvalue weighted by atomic mass is 79.9. The molecule has 0 spiro atoms. The summed E-state index contributed by atoms with van der Waals surface area (Å²) in [6.07, 6.45) is 0. The molecule has 5 heteroatoms. The number of aryl methyl sites for hydroxylation is 1. The van der Waals surface area contributed by atoms with E-state index in [-0.39, 0.29) is 0 Å². The minimum atomic E-state index is 0.654. The summed E-state index contributed by atoms with van der Waals surface area (Å²) in [6.45, 7) is 8.28. The Bertz CT molecular complexity index is 551. The van der Waals surface area contributed by atoms with Crippen molar-refractivity contribution >= 4 is 27.3 Å². The minimum absolute atomic E-state index is 0.654. The van der Waals surface area contributed by atoms with Gasteiger partial charge in [-0.15, -0.1) is 10.2 Å². The maximum Gasteiger partial charge on any atom is 0.147 e. The number of hydrogen-bond donors (Lipinski definition) is 1. The monoisotopic (exact) mass is 339 g/mol. The third-order valence-electron chi connectivity index (χ3n) is 2.70. The standard InChI is InChI=1S/C14H18BrN3S/c1-9(2)7-16-8-13-17-18-14(19-13)11-4-5-12(15)10(3)6-11/h4-6,9,16H,7-8H2,1-3H3. The van der Waals surface area contributed by atoms with Crippen LogP contribution in [0.25, 0.3) is 10.6 Å². The molecule has 1 N–H and O–H groups in total. The Hall–Kier alpha value is -0.780. The van der Waals surface area contributed by atoms with Crippen LogP contribution in [-0.4, -0.2) is 16.7 Å². The smallest absolute Gasteiger partial charge is 0.147 e. The molecular formula is C14H18BrN3S. The third-order valence-corrected chi connectivity index (χ3v) is 4.56. The van der Waals surface area contributed by atoms with Gasteiger partial charge in [0, 0.05) is 16.6 Å².